The molecule has 2 aromatic carbocycles. The molecule has 0 saturated heterocycles. The first-order valence-corrected chi connectivity index (χ1v) is 7.18. The number of H-pyrrole nitrogens is 1. The Morgan fingerprint density at radius 2 is 2.05 bits per heavy atom. The highest BCUT2D eigenvalue weighted by Gasteiger charge is 2.22. The molecule has 106 valence electrons. The standard InChI is InChI=1S/C16H13ClN2O2/c17-10-5-6-12-13(7-10)19-16(18-12)8-11-9-20-14-3-1-2-4-15(14)21-11/h1-7,11H,8-9H2,(H,18,19). The number of para-hydroxylation sites is 2. The number of aromatic amines is 1. The number of hydrogen-bond acceptors (Lipinski definition) is 3. The molecule has 3 aromatic rings. The van der Waals surface area contributed by atoms with Gasteiger partial charge in [-0.05, 0) is 30.3 Å². The largest absolute Gasteiger partial charge is 0.486 e. The summed E-state index contributed by atoms with van der Waals surface area (Å²) in [5, 5.41) is 0.687. The Balaban J connectivity index is 1.55. The van der Waals surface area contributed by atoms with Crippen molar-refractivity contribution in [3.8, 4) is 11.5 Å². The van der Waals surface area contributed by atoms with E-state index in [1.807, 2.05) is 42.5 Å². The van der Waals surface area contributed by atoms with Gasteiger partial charge in [-0.2, -0.15) is 0 Å². The summed E-state index contributed by atoms with van der Waals surface area (Å²) >= 11 is 5.98. The van der Waals surface area contributed by atoms with E-state index in [1.165, 1.54) is 0 Å². The van der Waals surface area contributed by atoms with Gasteiger partial charge in [0, 0.05) is 11.4 Å². The molecule has 0 amide bonds. The number of hydrogen-bond donors (Lipinski definition) is 1. The molecule has 0 radical (unpaired) electrons. The van der Waals surface area contributed by atoms with Crippen LogP contribution in [0.4, 0.5) is 0 Å². The van der Waals surface area contributed by atoms with Crippen LogP contribution in [-0.2, 0) is 6.42 Å². The molecule has 0 spiro atoms. The molecule has 0 fully saturated rings. The van der Waals surface area contributed by atoms with E-state index in [0.29, 0.717) is 18.1 Å². The van der Waals surface area contributed by atoms with Crippen LogP contribution >= 0.6 is 11.6 Å². The monoisotopic (exact) mass is 300 g/mol. The van der Waals surface area contributed by atoms with Crippen molar-refractivity contribution in [3.05, 3.63) is 53.3 Å². The average molecular weight is 301 g/mol. The SMILES string of the molecule is Clc1ccc2[nH]c(CC3COc4ccccc4O3)nc2c1. The number of rotatable bonds is 2. The minimum absolute atomic E-state index is 0.0454. The fraction of sp³-hybridized carbons (Fsp3) is 0.188. The number of imidazole rings is 1. The van der Waals surface area contributed by atoms with Crippen molar-refractivity contribution < 1.29 is 9.47 Å². The van der Waals surface area contributed by atoms with Crippen LogP contribution in [-0.4, -0.2) is 22.7 Å². The lowest BCUT2D eigenvalue weighted by molar-refractivity contribution is 0.0900. The van der Waals surface area contributed by atoms with E-state index in [0.717, 1.165) is 28.4 Å². The molecular weight excluding hydrogens is 288 g/mol. The van der Waals surface area contributed by atoms with E-state index in [-0.39, 0.29) is 6.10 Å². The van der Waals surface area contributed by atoms with Crippen LogP contribution in [0.5, 0.6) is 11.5 Å². The number of nitrogens with one attached hydrogen (secondary N) is 1. The first kappa shape index (κ1) is 12.5. The zero-order chi connectivity index (χ0) is 14.2. The molecule has 5 heteroatoms. The molecule has 2 heterocycles. The zero-order valence-corrected chi connectivity index (χ0v) is 11.9. The van der Waals surface area contributed by atoms with Crippen LogP contribution in [0.2, 0.25) is 5.02 Å². The molecule has 0 bridgehead atoms. The normalized spacial score (nSPS) is 17.1. The van der Waals surface area contributed by atoms with Crippen LogP contribution in [0.15, 0.2) is 42.5 Å². The van der Waals surface area contributed by atoms with Crippen molar-refractivity contribution in [1.29, 1.82) is 0 Å². The van der Waals surface area contributed by atoms with E-state index in [2.05, 4.69) is 9.97 Å². The van der Waals surface area contributed by atoms with Gasteiger partial charge in [0.05, 0.1) is 11.0 Å². The fourth-order valence-electron chi connectivity index (χ4n) is 2.51. The smallest absolute Gasteiger partial charge is 0.161 e. The summed E-state index contributed by atoms with van der Waals surface area (Å²) < 4.78 is 11.7. The van der Waals surface area contributed by atoms with Gasteiger partial charge >= 0.3 is 0 Å². The quantitative estimate of drug-likeness (QED) is 0.786. The topological polar surface area (TPSA) is 47.1 Å². The van der Waals surface area contributed by atoms with Gasteiger partial charge in [0.1, 0.15) is 18.5 Å². The van der Waals surface area contributed by atoms with E-state index in [9.17, 15) is 0 Å². The molecular formula is C16H13ClN2O2. The van der Waals surface area contributed by atoms with Gasteiger partial charge in [-0.25, -0.2) is 4.98 Å². The van der Waals surface area contributed by atoms with E-state index < -0.39 is 0 Å². The van der Waals surface area contributed by atoms with Crippen LogP contribution in [0.25, 0.3) is 11.0 Å². The van der Waals surface area contributed by atoms with Gasteiger partial charge in [-0.15, -0.1) is 0 Å². The Morgan fingerprint density at radius 1 is 1.19 bits per heavy atom. The molecule has 1 aliphatic heterocycles. The van der Waals surface area contributed by atoms with Gasteiger partial charge in [0.25, 0.3) is 0 Å². The fourth-order valence-corrected chi connectivity index (χ4v) is 2.67. The van der Waals surface area contributed by atoms with Gasteiger partial charge < -0.3 is 14.5 Å². The molecule has 4 rings (SSSR count). The maximum absolute atomic E-state index is 5.98. The molecule has 21 heavy (non-hydrogen) atoms. The lowest BCUT2D eigenvalue weighted by Crippen LogP contribution is -2.31. The minimum atomic E-state index is -0.0454. The van der Waals surface area contributed by atoms with Crippen molar-refractivity contribution in [3.63, 3.8) is 0 Å². The summed E-state index contributed by atoms with van der Waals surface area (Å²) in [4.78, 5) is 7.84. The maximum Gasteiger partial charge on any atom is 0.161 e. The molecule has 1 aliphatic rings. The summed E-state index contributed by atoms with van der Waals surface area (Å²) in [6.45, 7) is 0.523. The third kappa shape index (κ3) is 2.43. The van der Waals surface area contributed by atoms with Gasteiger partial charge in [-0.3, -0.25) is 0 Å². The summed E-state index contributed by atoms with van der Waals surface area (Å²) in [7, 11) is 0. The second-order valence-corrected chi connectivity index (χ2v) is 5.48. The molecule has 0 saturated carbocycles. The third-order valence-electron chi connectivity index (χ3n) is 3.48. The van der Waals surface area contributed by atoms with Crippen molar-refractivity contribution >= 4 is 22.6 Å². The van der Waals surface area contributed by atoms with Crippen LogP contribution in [0.1, 0.15) is 5.82 Å². The number of aromatic nitrogens is 2. The van der Waals surface area contributed by atoms with Crippen molar-refractivity contribution in [2.24, 2.45) is 0 Å². The van der Waals surface area contributed by atoms with E-state index in [1.54, 1.807) is 0 Å². The summed E-state index contributed by atoms with van der Waals surface area (Å²) in [5.41, 5.74) is 1.85. The maximum atomic E-state index is 5.98. The highest BCUT2D eigenvalue weighted by molar-refractivity contribution is 6.31. The van der Waals surface area contributed by atoms with E-state index in [4.69, 9.17) is 21.1 Å². The highest BCUT2D eigenvalue weighted by Crippen LogP contribution is 2.31. The summed E-state index contributed by atoms with van der Waals surface area (Å²) in [5.74, 6) is 2.46. The predicted octanol–water partition coefficient (Wildman–Crippen LogP) is 3.60. The van der Waals surface area contributed by atoms with Crippen LogP contribution in [0.3, 0.4) is 0 Å². The Labute approximate surface area is 126 Å². The Hall–Kier alpha value is -2.20. The van der Waals surface area contributed by atoms with Gasteiger partial charge in [0.2, 0.25) is 0 Å². The molecule has 4 nitrogen and oxygen atoms in total. The van der Waals surface area contributed by atoms with Crippen LogP contribution in [0, 0.1) is 0 Å². The lowest BCUT2D eigenvalue weighted by atomic mass is 10.2. The molecule has 1 aromatic heterocycles. The molecule has 1 N–H and O–H groups in total. The molecule has 1 atom stereocenters. The number of halogens is 1. The average Bonchev–Trinajstić information content (AvgIpc) is 2.88. The third-order valence-corrected chi connectivity index (χ3v) is 3.72. The second kappa shape index (κ2) is 4.97. The van der Waals surface area contributed by atoms with Crippen LogP contribution < -0.4 is 9.47 Å². The van der Waals surface area contributed by atoms with Gasteiger partial charge in [0.15, 0.2) is 11.5 Å². The first-order chi connectivity index (χ1) is 10.3. The first-order valence-electron chi connectivity index (χ1n) is 6.80. The summed E-state index contributed by atoms with van der Waals surface area (Å²) in [6, 6.07) is 13.3. The predicted molar refractivity (Wildman–Crippen MR) is 81.2 cm³/mol. The second-order valence-electron chi connectivity index (χ2n) is 5.05. The zero-order valence-electron chi connectivity index (χ0n) is 11.2. The van der Waals surface area contributed by atoms with Crippen molar-refractivity contribution in [1.82, 2.24) is 9.97 Å². The Bertz CT molecular complexity index is 800. The Morgan fingerprint density at radius 3 is 2.95 bits per heavy atom. The van der Waals surface area contributed by atoms with Crippen molar-refractivity contribution in [2.45, 2.75) is 12.5 Å². The number of nitrogens with zero attached hydrogens (tertiary/aromatic N) is 1. The van der Waals surface area contributed by atoms with Gasteiger partial charge in [-0.1, -0.05) is 23.7 Å². The molecule has 0 aliphatic carbocycles. The summed E-state index contributed by atoms with van der Waals surface area (Å²) in [6.07, 6.45) is 0.622. The van der Waals surface area contributed by atoms with E-state index >= 15 is 0 Å². The molecule has 1 unspecified atom stereocenters. The Kier molecular flexibility index (Phi) is 2.97. The number of benzene rings is 2. The van der Waals surface area contributed by atoms with Crippen molar-refractivity contribution in [2.75, 3.05) is 6.61 Å². The lowest BCUT2D eigenvalue weighted by Gasteiger charge is -2.25. The number of fused-ring (bicyclic) bond motifs is 2. The highest BCUT2D eigenvalue weighted by atomic mass is 35.5. The minimum Gasteiger partial charge on any atom is -0.486 e. The number of ether oxygens (including phenoxy) is 2.